The van der Waals surface area contributed by atoms with Crippen molar-refractivity contribution in [3.63, 3.8) is 0 Å². The number of aryl methyl sites for hydroxylation is 1. The second-order valence-corrected chi connectivity index (χ2v) is 6.79. The topological polar surface area (TPSA) is 77.7 Å². The lowest BCUT2D eigenvalue weighted by atomic mass is 10.1. The molecule has 2 aromatic rings. The molecule has 2 atom stereocenters. The van der Waals surface area contributed by atoms with Gasteiger partial charge in [0.15, 0.2) is 5.96 Å². The smallest absolute Gasteiger partial charge is 0.191 e. The Morgan fingerprint density at radius 2 is 1.93 bits per heavy atom. The van der Waals surface area contributed by atoms with Crippen molar-refractivity contribution in [2.24, 2.45) is 12.0 Å². The minimum absolute atomic E-state index is 0. The van der Waals surface area contributed by atoms with Gasteiger partial charge in [0.2, 0.25) is 0 Å². The van der Waals surface area contributed by atoms with Crippen molar-refractivity contribution in [2.75, 3.05) is 33.7 Å². The highest BCUT2D eigenvalue weighted by Gasteiger charge is 2.16. The fourth-order valence-corrected chi connectivity index (χ4v) is 2.87. The maximum absolute atomic E-state index is 10.3. The van der Waals surface area contributed by atoms with Gasteiger partial charge in [-0.2, -0.15) is 5.10 Å². The van der Waals surface area contributed by atoms with Crippen molar-refractivity contribution in [3.05, 3.63) is 53.9 Å². The predicted octanol–water partition coefficient (Wildman–Crippen LogP) is 2.32. The molecule has 0 aliphatic heterocycles. The van der Waals surface area contributed by atoms with E-state index in [1.807, 2.05) is 75.5 Å². The third-order valence-electron chi connectivity index (χ3n) is 4.39. The van der Waals surface area contributed by atoms with Crippen LogP contribution in [0.15, 0.2) is 47.7 Å². The number of hydrogen-bond acceptors (Lipinski definition) is 4. The molecule has 0 fully saturated rings. The molecule has 3 N–H and O–H groups in total. The fraction of sp³-hybridized carbons (Fsp3) is 0.500. The van der Waals surface area contributed by atoms with Gasteiger partial charge in [0.05, 0.1) is 24.9 Å². The van der Waals surface area contributed by atoms with E-state index in [0.717, 1.165) is 23.6 Å². The molecule has 0 spiro atoms. The van der Waals surface area contributed by atoms with Crippen molar-refractivity contribution in [3.8, 4) is 0 Å². The molecular formula is C20H33IN6O. The van der Waals surface area contributed by atoms with Crippen LogP contribution in [0.4, 0.5) is 0 Å². The van der Waals surface area contributed by atoms with Crippen molar-refractivity contribution >= 4 is 29.9 Å². The summed E-state index contributed by atoms with van der Waals surface area (Å²) in [6.45, 7) is 4.09. The zero-order valence-electron chi connectivity index (χ0n) is 17.2. The van der Waals surface area contributed by atoms with Crippen molar-refractivity contribution in [1.29, 1.82) is 0 Å². The molecule has 1 aromatic heterocycles. The summed E-state index contributed by atoms with van der Waals surface area (Å²) in [6, 6.07) is 9.88. The van der Waals surface area contributed by atoms with Crippen LogP contribution >= 0.6 is 24.0 Å². The van der Waals surface area contributed by atoms with Gasteiger partial charge in [-0.1, -0.05) is 30.3 Å². The molecule has 0 saturated carbocycles. The van der Waals surface area contributed by atoms with Crippen LogP contribution in [-0.2, 0) is 7.05 Å². The summed E-state index contributed by atoms with van der Waals surface area (Å²) in [5, 5.41) is 21.1. The van der Waals surface area contributed by atoms with Gasteiger partial charge in [0.1, 0.15) is 0 Å². The number of aliphatic hydroxyl groups is 1. The summed E-state index contributed by atoms with van der Waals surface area (Å²) in [5.74, 6) is 0.758. The van der Waals surface area contributed by atoms with Crippen LogP contribution in [-0.4, -0.2) is 59.5 Å². The normalized spacial score (nSPS) is 13.7. The van der Waals surface area contributed by atoms with E-state index in [-0.39, 0.29) is 30.0 Å². The zero-order chi connectivity index (χ0) is 19.6. The Kier molecular flexibility index (Phi) is 11.1. The first-order valence-electron chi connectivity index (χ1n) is 9.41. The molecule has 0 aliphatic carbocycles. The van der Waals surface area contributed by atoms with Gasteiger partial charge in [-0.15, -0.1) is 24.0 Å². The number of hydrogen-bond donors (Lipinski definition) is 3. The van der Waals surface area contributed by atoms with Gasteiger partial charge in [0, 0.05) is 31.9 Å². The Hall–Kier alpha value is -1.65. The summed E-state index contributed by atoms with van der Waals surface area (Å²) in [7, 11) is 6.01. The van der Waals surface area contributed by atoms with E-state index in [0.29, 0.717) is 19.5 Å². The quantitative estimate of drug-likeness (QED) is 0.280. The third-order valence-corrected chi connectivity index (χ3v) is 4.39. The first-order chi connectivity index (χ1) is 13.0. The highest BCUT2D eigenvalue weighted by atomic mass is 127. The average molecular weight is 500 g/mol. The van der Waals surface area contributed by atoms with Crippen LogP contribution in [0.3, 0.4) is 0 Å². The van der Waals surface area contributed by atoms with E-state index >= 15 is 0 Å². The van der Waals surface area contributed by atoms with Gasteiger partial charge in [-0.25, -0.2) is 0 Å². The number of nitrogens with zero attached hydrogens (tertiary/aromatic N) is 4. The lowest BCUT2D eigenvalue weighted by Crippen LogP contribution is -2.39. The van der Waals surface area contributed by atoms with Gasteiger partial charge >= 0.3 is 0 Å². The molecule has 0 saturated heterocycles. The maximum Gasteiger partial charge on any atom is 0.191 e. The number of likely N-dealkylation sites (N-methyl/N-ethyl adjacent to an activating group) is 1. The van der Waals surface area contributed by atoms with Gasteiger partial charge in [-0.3, -0.25) is 9.67 Å². The maximum atomic E-state index is 10.3. The molecule has 0 radical (unpaired) electrons. The van der Waals surface area contributed by atoms with Gasteiger partial charge in [0.25, 0.3) is 0 Å². The first kappa shape index (κ1) is 24.4. The number of benzene rings is 1. The van der Waals surface area contributed by atoms with E-state index < -0.39 is 6.10 Å². The van der Waals surface area contributed by atoms with Crippen LogP contribution in [0.5, 0.6) is 0 Å². The van der Waals surface area contributed by atoms with E-state index in [1.165, 1.54) is 0 Å². The van der Waals surface area contributed by atoms with Crippen LogP contribution in [0.2, 0.25) is 0 Å². The molecule has 2 rings (SSSR count). The average Bonchev–Trinajstić information content (AvgIpc) is 3.08. The number of aliphatic hydroxyl groups excluding tert-OH is 1. The van der Waals surface area contributed by atoms with Gasteiger partial charge in [-0.05, 0) is 33.0 Å². The summed E-state index contributed by atoms with van der Waals surface area (Å²) in [6.07, 6.45) is 4.05. The lowest BCUT2D eigenvalue weighted by molar-refractivity contribution is 0.168. The Labute approximate surface area is 185 Å². The zero-order valence-corrected chi connectivity index (χ0v) is 19.5. The highest BCUT2D eigenvalue weighted by molar-refractivity contribution is 14.0. The Morgan fingerprint density at radius 1 is 1.21 bits per heavy atom. The standard InChI is InChI=1S/C20H32N6O.HI/c1-5-21-20(22-12-11-19(27)16-9-7-6-8-10-16)23-14-18(25(2)3)17-13-24-26(4)15-17;/h6-10,13,15,18-19,27H,5,11-12,14H2,1-4H3,(H2,21,22,23);1H. The Bertz CT molecular complexity index is 704. The molecule has 2 unspecified atom stereocenters. The SMILES string of the molecule is CCNC(=NCC(c1cnn(C)c1)N(C)C)NCCC(O)c1ccccc1.I. The molecule has 7 nitrogen and oxygen atoms in total. The van der Waals surface area contributed by atoms with Crippen LogP contribution in [0.1, 0.15) is 36.6 Å². The Balaban J connectivity index is 0.00000392. The van der Waals surface area contributed by atoms with Crippen molar-refractivity contribution < 1.29 is 5.11 Å². The van der Waals surface area contributed by atoms with Crippen LogP contribution in [0.25, 0.3) is 0 Å². The molecule has 1 aromatic carbocycles. The number of halogens is 1. The highest BCUT2D eigenvalue weighted by Crippen LogP contribution is 2.17. The molecular weight excluding hydrogens is 467 g/mol. The minimum atomic E-state index is -0.480. The summed E-state index contributed by atoms with van der Waals surface area (Å²) >= 11 is 0. The molecule has 156 valence electrons. The predicted molar refractivity (Wildman–Crippen MR) is 125 cm³/mol. The lowest BCUT2D eigenvalue weighted by Gasteiger charge is -2.22. The molecule has 0 amide bonds. The number of nitrogens with one attached hydrogen (secondary N) is 2. The second-order valence-electron chi connectivity index (χ2n) is 6.79. The van der Waals surface area contributed by atoms with Crippen LogP contribution in [0, 0.1) is 0 Å². The molecule has 8 heteroatoms. The molecule has 0 aliphatic rings. The van der Waals surface area contributed by atoms with Gasteiger partial charge < -0.3 is 20.6 Å². The summed E-state index contributed by atoms with van der Waals surface area (Å²) < 4.78 is 1.81. The van der Waals surface area contributed by atoms with Crippen LogP contribution < -0.4 is 10.6 Å². The van der Waals surface area contributed by atoms with E-state index in [1.54, 1.807) is 0 Å². The Morgan fingerprint density at radius 3 is 2.50 bits per heavy atom. The minimum Gasteiger partial charge on any atom is -0.388 e. The largest absolute Gasteiger partial charge is 0.388 e. The number of aliphatic imine (C=N–C) groups is 1. The fourth-order valence-electron chi connectivity index (χ4n) is 2.87. The first-order valence-corrected chi connectivity index (χ1v) is 9.41. The number of aromatic nitrogens is 2. The van der Waals surface area contributed by atoms with Crippen molar-refractivity contribution in [1.82, 2.24) is 25.3 Å². The molecule has 28 heavy (non-hydrogen) atoms. The molecule has 0 bridgehead atoms. The number of guanidine groups is 1. The van der Waals surface area contributed by atoms with E-state index in [9.17, 15) is 5.11 Å². The second kappa shape index (κ2) is 12.7. The molecule has 1 heterocycles. The monoisotopic (exact) mass is 500 g/mol. The van der Waals surface area contributed by atoms with E-state index in [4.69, 9.17) is 4.99 Å². The van der Waals surface area contributed by atoms with Crippen molar-refractivity contribution in [2.45, 2.75) is 25.5 Å². The summed E-state index contributed by atoms with van der Waals surface area (Å²) in [4.78, 5) is 6.87. The third kappa shape index (κ3) is 7.76. The van der Waals surface area contributed by atoms with E-state index in [2.05, 4.69) is 20.6 Å². The summed E-state index contributed by atoms with van der Waals surface area (Å²) in [5.41, 5.74) is 2.08. The number of rotatable bonds is 9.